The average Bonchev–Trinajstić information content (AvgIpc) is 3.28. The normalized spacial score (nSPS) is 13.2. The van der Waals surface area contributed by atoms with Crippen LogP contribution in [-0.4, -0.2) is 50.8 Å². The van der Waals surface area contributed by atoms with E-state index in [1.54, 1.807) is 39.5 Å². The fraction of sp³-hybridized carbons (Fsp3) is 0.333. The third-order valence-electron chi connectivity index (χ3n) is 5.61. The highest BCUT2D eigenvalue weighted by molar-refractivity contribution is 7.14. The molecule has 1 aliphatic heterocycles. The van der Waals surface area contributed by atoms with Crippen LogP contribution in [-0.2, 0) is 19.5 Å². The van der Waals surface area contributed by atoms with Gasteiger partial charge in [0.25, 0.3) is 5.91 Å². The molecule has 0 radical (unpaired) electrons. The summed E-state index contributed by atoms with van der Waals surface area (Å²) in [6.45, 7) is 2.43. The summed E-state index contributed by atoms with van der Waals surface area (Å²) in [4.78, 5) is 19.7. The summed E-state index contributed by atoms with van der Waals surface area (Å²) in [5.41, 5.74) is 3.85. The van der Waals surface area contributed by atoms with Gasteiger partial charge in [0.1, 0.15) is 11.5 Å². The molecule has 1 aliphatic rings. The van der Waals surface area contributed by atoms with Crippen LogP contribution in [0.5, 0.6) is 23.0 Å². The van der Waals surface area contributed by atoms with Gasteiger partial charge < -0.3 is 18.9 Å². The molecular formula is C24H27N3O5S. The molecule has 0 unspecified atom stereocenters. The molecule has 0 saturated heterocycles. The minimum Gasteiger partial charge on any atom is -0.497 e. The van der Waals surface area contributed by atoms with Crippen molar-refractivity contribution >= 4 is 22.4 Å². The summed E-state index contributed by atoms with van der Waals surface area (Å²) >= 11 is 1.41. The standard InChI is InChI=1S/C24H27N3O5S/c1-29-18-5-6-19(20(11-18)30-2)23(28)26-24-25-17(14-33-24)13-27-8-7-15-9-21(31-3)22(32-4)10-16(15)12-27/h5-6,9-11,14H,7-8,12-13H2,1-4H3,(H,25,26,28). The minimum absolute atomic E-state index is 0.275. The highest BCUT2D eigenvalue weighted by Gasteiger charge is 2.21. The number of nitrogens with one attached hydrogen (secondary N) is 1. The number of methoxy groups -OCH3 is 4. The molecule has 0 saturated carbocycles. The van der Waals surface area contributed by atoms with Crippen LogP contribution in [0.1, 0.15) is 27.2 Å². The highest BCUT2D eigenvalue weighted by atomic mass is 32.1. The second-order valence-corrected chi connectivity index (χ2v) is 8.46. The number of hydrogen-bond acceptors (Lipinski definition) is 8. The minimum atomic E-state index is -0.275. The van der Waals surface area contributed by atoms with Gasteiger partial charge in [0.2, 0.25) is 0 Å². The number of thiazole rings is 1. The molecule has 9 heteroatoms. The molecule has 0 fully saturated rings. The van der Waals surface area contributed by atoms with E-state index < -0.39 is 0 Å². The maximum atomic E-state index is 12.7. The molecule has 8 nitrogen and oxygen atoms in total. The first-order valence-corrected chi connectivity index (χ1v) is 11.4. The Labute approximate surface area is 197 Å². The molecule has 4 rings (SSSR count). The average molecular weight is 470 g/mol. The van der Waals surface area contributed by atoms with E-state index in [2.05, 4.69) is 27.3 Å². The summed E-state index contributed by atoms with van der Waals surface area (Å²) < 4.78 is 21.4. The lowest BCUT2D eigenvalue weighted by Crippen LogP contribution is -2.30. The van der Waals surface area contributed by atoms with Crippen molar-refractivity contribution in [1.29, 1.82) is 0 Å². The van der Waals surface area contributed by atoms with Crippen LogP contribution in [0.4, 0.5) is 5.13 Å². The van der Waals surface area contributed by atoms with Crippen molar-refractivity contribution in [3.8, 4) is 23.0 Å². The van der Waals surface area contributed by atoms with Crippen molar-refractivity contribution in [1.82, 2.24) is 9.88 Å². The first-order chi connectivity index (χ1) is 16.0. The molecule has 0 spiro atoms. The highest BCUT2D eigenvalue weighted by Crippen LogP contribution is 2.34. The molecular weight excluding hydrogens is 442 g/mol. The van der Waals surface area contributed by atoms with E-state index in [1.807, 2.05) is 5.38 Å². The van der Waals surface area contributed by atoms with Gasteiger partial charge in [-0.2, -0.15) is 0 Å². The van der Waals surface area contributed by atoms with Gasteiger partial charge in [0, 0.05) is 31.1 Å². The van der Waals surface area contributed by atoms with Crippen LogP contribution < -0.4 is 24.3 Å². The molecule has 2 aromatic carbocycles. The maximum Gasteiger partial charge on any atom is 0.261 e. The van der Waals surface area contributed by atoms with E-state index in [-0.39, 0.29) is 5.91 Å². The topological polar surface area (TPSA) is 82.2 Å². The number of carbonyl (C=O) groups excluding carboxylic acids is 1. The van der Waals surface area contributed by atoms with Crippen molar-refractivity contribution in [2.24, 2.45) is 0 Å². The summed E-state index contributed by atoms with van der Waals surface area (Å²) in [5.74, 6) is 2.30. The number of rotatable bonds is 8. The number of amides is 1. The molecule has 3 aromatic rings. The van der Waals surface area contributed by atoms with Crippen molar-refractivity contribution in [2.45, 2.75) is 19.5 Å². The molecule has 1 amide bonds. The summed E-state index contributed by atoms with van der Waals surface area (Å²) in [7, 11) is 6.40. The lowest BCUT2D eigenvalue weighted by atomic mass is 9.98. The van der Waals surface area contributed by atoms with Gasteiger partial charge in [-0.05, 0) is 41.8 Å². The van der Waals surface area contributed by atoms with Gasteiger partial charge >= 0.3 is 0 Å². The SMILES string of the molecule is COc1ccc(C(=O)Nc2nc(CN3CCc4cc(OC)c(OC)cc4C3)cs2)c(OC)c1. The molecule has 174 valence electrons. The zero-order valence-corrected chi connectivity index (χ0v) is 20.0. The maximum absolute atomic E-state index is 12.7. The number of fused-ring (bicyclic) bond motifs is 1. The number of nitrogens with zero attached hydrogens (tertiary/aromatic N) is 2. The Morgan fingerprint density at radius 3 is 2.42 bits per heavy atom. The predicted molar refractivity (Wildman–Crippen MR) is 127 cm³/mol. The first-order valence-electron chi connectivity index (χ1n) is 10.5. The molecule has 0 atom stereocenters. The Morgan fingerprint density at radius 1 is 1.00 bits per heavy atom. The largest absolute Gasteiger partial charge is 0.497 e. The van der Waals surface area contributed by atoms with Gasteiger partial charge in [-0.15, -0.1) is 11.3 Å². The fourth-order valence-corrected chi connectivity index (χ4v) is 4.59. The second kappa shape index (κ2) is 10.1. The van der Waals surface area contributed by atoms with Crippen LogP contribution in [0, 0.1) is 0 Å². The third kappa shape index (κ3) is 5.04. The number of ether oxygens (including phenoxy) is 4. The lowest BCUT2D eigenvalue weighted by Gasteiger charge is -2.29. The lowest BCUT2D eigenvalue weighted by molar-refractivity contribution is 0.102. The van der Waals surface area contributed by atoms with Gasteiger partial charge in [-0.25, -0.2) is 4.98 Å². The zero-order chi connectivity index (χ0) is 23.4. The zero-order valence-electron chi connectivity index (χ0n) is 19.1. The number of hydrogen-bond donors (Lipinski definition) is 1. The quantitative estimate of drug-likeness (QED) is 0.534. The molecule has 1 aromatic heterocycles. The Hall–Kier alpha value is -3.30. The number of aromatic nitrogens is 1. The summed E-state index contributed by atoms with van der Waals surface area (Å²) in [6.07, 6.45) is 0.931. The smallest absolute Gasteiger partial charge is 0.261 e. The van der Waals surface area contributed by atoms with E-state index in [0.29, 0.717) is 28.7 Å². The Bertz CT molecular complexity index is 1150. The van der Waals surface area contributed by atoms with E-state index in [4.69, 9.17) is 18.9 Å². The number of anilines is 1. The summed E-state index contributed by atoms with van der Waals surface area (Å²) in [5, 5.41) is 5.40. The Morgan fingerprint density at radius 2 is 1.73 bits per heavy atom. The van der Waals surface area contributed by atoms with Crippen LogP contribution in [0.25, 0.3) is 0 Å². The first kappa shape index (κ1) is 22.9. The van der Waals surface area contributed by atoms with Crippen LogP contribution >= 0.6 is 11.3 Å². The van der Waals surface area contributed by atoms with E-state index in [1.165, 1.54) is 29.6 Å². The van der Waals surface area contributed by atoms with Crippen LogP contribution in [0.2, 0.25) is 0 Å². The fourth-order valence-electron chi connectivity index (χ4n) is 3.89. The molecule has 0 aliphatic carbocycles. The Balaban J connectivity index is 1.41. The second-order valence-electron chi connectivity index (χ2n) is 7.60. The van der Waals surface area contributed by atoms with E-state index >= 15 is 0 Å². The molecule has 1 N–H and O–H groups in total. The number of carbonyl (C=O) groups is 1. The molecule has 2 heterocycles. The third-order valence-corrected chi connectivity index (χ3v) is 6.41. The van der Waals surface area contributed by atoms with Crippen molar-refractivity contribution < 1.29 is 23.7 Å². The van der Waals surface area contributed by atoms with Crippen molar-refractivity contribution in [3.05, 3.63) is 58.1 Å². The van der Waals surface area contributed by atoms with Crippen molar-refractivity contribution in [3.63, 3.8) is 0 Å². The van der Waals surface area contributed by atoms with Crippen LogP contribution in [0.3, 0.4) is 0 Å². The molecule has 33 heavy (non-hydrogen) atoms. The predicted octanol–water partition coefficient (Wildman–Crippen LogP) is 3.99. The Kier molecular flexibility index (Phi) is 7.00. The van der Waals surface area contributed by atoms with Gasteiger partial charge in [-0.1, -0.05) is 0 Å². The monoisotopic (exact) mass is 469 g/mol. The van der Waals surface area contributed by atoms with Gasteiger partial charge in [0.15, 0.2) is 16.6 Å². The van der Waals surface area contributed by atoms with E-state index in [9.17, 15) is 4.79 Å². The van der Waals surface area contributed by atoms with Crippen LogP contribution in [0.15, 0.2) is 35.7 Å². The van der Waals surface area contributed by atoms with Gasteiger partial charge in [-0.3, -0.25) is 15.0 Å². The van der Waals surface area contributed by atoms with Crippen molar-refractivity contribution in [2.75, 3.05) is 40.3 Å². The number of benzene rings is 2. The molecule has 0 bridgehead atoms. The summed E-state index contributed by atoms with van der Waals surface area (Å²) in [6, 6.07) is 9.20. The van der Waals surface area contributed by atoms with E-state index in [0.717, 1.165) is 36.7 Å². The van der Waals surface area contributed by atoms with Gasteiger partial charge in [0.05, 0.1) is 39.7 Å².